The maximum Gasteiger partial charge on any atom is 0.407 e. The highest BCUT2D eigenvalue weighted by Gasteiger charge is 2.33. The van der Waals surface area contributed by atoms with Gasteiger partial charge in [0.15, 0.2) is 0 Å². The van der Waals surface area contributed by atoms with Crippen LogP contribution >= 0.6 is 0 Å². The van der Waals surface area contributed by atoms with Crippen LogP contribution in [0.2, 0.25) is 0 Å². The van der Waals surface area contributed by atoms with E-state index in [2.05, 4.69) is 78.2 Å². The molecule has 8 rings (SSSR count). The number of nitrogens with one attached hydrogen (secondary N) is 4. The quantitative estimate of drug-likeness (QED) is 0.102. The number of hydrogen-bond acceptors (Lipinski definition) is 9. The van der Waals surface area contributed by atoms with Crippen LogP contribution in [0.3, 0.4) is 0 Å². The van der Waals surface area contributed by atoms with Gasteiger partial charge in [-0.25, -0.2) is 14.8 Å². The van der Waals surface area contributed by atoms with Gasteiger partial charge in [0.1, 0.15) is 35.4 Å². The van der Waals surface area contributed by atoms with Crippen LogP contribution in [0.15, 0.2) is 73.1 Å². The lowest BCUT2D eigenvalue weighted by atomic mass is 10.0. The molecule has 2 aliphatic heterocycles. The van der Waals surface area contributed by atoms with Crippen LogP contribution in [0.25, 0.3) is 44.7 Å². The molecule has 2 atom stereocenters. The van der Waals surface area contributed by atoms with Crippen LogP contribution in [0.4, 0.5) is 4.79 Å². The highest BCUT2D eigenvalue weighted by molar-refractivity contribution is 5.92. The second-order valence-corrected chi connectivity index (χ2v) is 13.7. The third-order valence-electron chi connectivity index (χ3n) is 10.3. The van der Waals surface area contributed by atoms with E-state index in [1.165, 1.54) is 7.11 Å². The summed E-state index contributed by atoms with van der Waals surface area (Å²) in [5.41, 5.74) is 7.51. The molecule has 0 aliphatic carbocycles. The van der Waals surface area contributed by atoms with Gasteiger partial charge < -0.3 is 49.0 Å². The van der Waals surface area contributed by atoms with Gasteiger partial charge in [0, 0.05) is 40.3 Å². The fourth-order valence-corrected chi connectivity index (χ4v) is 7.53. The molecule has 3 aromatic carbocycles. The SMILES string of the molecule is CCCNCc1ncc(-c2ccc3c(c2)cc2n3C(c3cc(OC)cc(OC)c3)Oc3cc(-c4cnc(C5CCCN5C(=O)CNC(=O)OC)[nH]4)ccc3-2)[nH]1. The van der Waals surface area contributed by atoms with Gasteiger partial charge in [-0.1, -0.05) is 19.1 Å². The van der Waals surface area contributed by atoms with Gasteiger partial charge in [-0.3, -0.25) is 4.79 Å². The first-order valence-corrected chi connectivity index (χ1v) is 18.5. The van der Waals surface area contributed by atoms with E-state index < -0.39 is 12.3 Å². The molecule has 55 heavy (non-hydrogen) atoms. The number of H-pyrrole nitrogens is 2. The van der Waals surface area contributed by atoms with E-state index in [9.17, 15) is 9.59 Å². The van der Waals surface area contributed by atoms with Gasteiger partial charge in [0.25, 0.3) is 0 Å². The third-order valence-corrected chi connectivity index (χ3v) is 10.3. The molecule has 2 aliphatic rings. The van der Waals surface area contributed by atoms with Crippen LogP contribution in [0.5, 0.6) is 17.2 Å². The minimum Gasteiger partial charge on any atom is -0.497 e. The van der Waals surface area contributed by atoms with Crippen molar-refractivity contribution >= 4 is 22.9 Å². The third kappa shape index (κ3) is 6.96. The Morgan fingerprint density at radius 2 is 1.69 bits per heavy atom. The lowest BCUT2D eigenvalue weighted by Gasteiger charge is -2.31. The van der Waals surface area contributed by atoms with E-state index in [0.29, 0.717) is 36.2 Å². The largest absolute Gasteiger partial charge is 0.497 e. The van der Waals surface area contributed by atoms with Crippen molar-refractivity contribution in [1.29, 1.82) is 0 Å². The number of benzene rings is 3. The molecule has 14 heteroatoms. The van der Waals surface area contributed by atoms with E-state index in [-0.39, 0.29) is 18.5 Å². The Balaban J connectivity index is 1.15. The lowest BCUT2D eigenvalue weighted by Crippen LogP contribution is -2.40. The number of aromatic amines is 2. The number of hydrogen-bond donors (Lipinski definition) is 4. The summed E-state index contributed by atoms with van der Waals surface area (Å²) < 4.78 is 25.1. The predicted molar refractivity (Wildman–Crippen MR) is 207 cm³/mol. The first kappa shape index (κ1) is 35.7. The highest BCUT2D eigenvalue weighted by Crippen LogP contribution is 2.47. The topological polar surface area (TPSA) is 161 Å². The number of ether oxygens (including phenoxy) is 4. The predicted octanol–water partition coefficient (Wildman–Crippen LogP) is 6.56. The van der Waals surface area contributed by atoms with Crippen molar-refractivity contribution in [2.24, 2.45) is 0 Å². The number of imidazole rings is 2. The number of rotatable bonds is 12. The number of carbonyl (C=O) groups excluding carboxylic acids is 2. The van der Waals surface area contributed by atoms with E-state index in [0.717, 1.165) is 81.9 Å². The van der Waals surface area contributed by atoms with Gasteiger partial charge in [-0.15, -0.1) is 0 Å². The molecule has 1 fully saturated rings. The fraction of sp³-hybridized carbons (Fsp3) is 0.317. The number of fused-ring (bicyclic) bond motifs is 5. The smallest absolute Gasteiger partial charge is 0.407 e. The van der Waals surface area contributed by atoms with Crippen molar-refractivity contribution in [2.75, 3.05) is 41.0 Å². The van der Waals surface area contributed by atoms with Crippen molar-refractivity contribution < 1.29 is 28.5 Å². The molecule has 284 valence electrons. The van der Waals surface area contributed by atoms with Crippen LogP contribution in [0.1, 0.15) is 55.7 Å². The first-order chi connectivity index (χ1) is 26.9. The average molecular weight is 745 g/mol. The van der Waals surface area contributed by atoms with E-state index >= 15 is 0 Å². The van der Waals surface area contributed by atoms with E-state index in [1.807, 2.05) is 30.5 Å². The Kier molecular flexibility index (Phi) is 9.89. The minimum atomic E-state index is -0.643. The number of carbonyl (C=O) groups is 2. The molecule has 0 radical (unpaired) electrons. The molecule has 3 aromatic heterocycles. The summed E-state index contributed by atoms with van der Waals surface area (Å²) in [5.74, 6) is 3.43. The van der Waals surface area contributed by atoms with Crippen molar-refractivity contribution in [2.45, 2.75) is 45.0 Å². The molecule has 1 saturated heterocycles. The van der Waals surface area contributed by atoms with Crippen LogP contribution < -0.4 is 24.8 Å². The molecule has 14 nitrogen and oxygen atoms in total. The van der Waals surface area contributed by atoms with Crippen molar-refractivity contribution in [3.63, 3.8) is 0 Å². The minimum absolute atomic E-state index is 0.141. The summed E-state index contributed by atoms with van der Waals surface area (Å²) in [5, 5.41) is 6.95. The lowest BCUT2D eigenvalue weighted by molar-refractivity contribution is -0.131. The molecule has 5 heterocycles. The molecule has 2 unspecified atom stereocenters. The Labute approximate surface area is 318 Å². The maximum atomic E-state index is 13.0. The highest BCUT2D eigenvalue weighted by atomic mass is 16.5. The van der Waals surface area contributed by atoms with Gasteiger partial charge in [0.2, 0.25) is 12.1 Å². The monoisotopic (exact) mass is 744 g/mol. The second-order valence-electron chi connectivity index (χ2n) is 13.7. The molecule has 2 amide bonds. The molecular formula is C41H44N8O6. The Morgan fingerprint density at radius 3 is 2.47 bits per heavy atom. The zero-order chi connectivity index (χ0) is 38.1. The molecular weight excluding hydrogens is 701 g/mol. The Bertz CT molecular complexity index is 2340. The van der Waals surface area contributed by atoms with Crippen LogP contribution in [-0.2, 0) is 16.1 Å². The zero-order valence-electron chi connectivity index (χ0n) is 31.3. The standard InChI is InChI=1S/C41H44N8O6/c1-5-12-42-22-37-43-20-31(46-37)24-9-11-33-26(14-24)17-35-30-10-8-25(18-36(30)55-40(49(33)35)27-15-28(52-2)19-29(16-27)53-3)32-21-44-39(47-32)34-7-6-13-48(34)38(50)23-45-41(51)54-4/h8-11,14-21,34,40,42H,5-7,12-13,22-23H2,1-4H3,(H,43,46)(H,44,47)(H,45,51). The second kappa shape index (κ2) is 15.2. The summed E-state index contributed by atoms with van der Waals surface area (Å²) in [6.07, 6.45) is 5.16. The van der Waals surface area contributed by atoms with Gasteiger partial charge in [-0.2, -0.15) is 0 Å². The van der Waals surface area contributed by atoms with E-state index in [1.54, 1.807) is 25.3 Å². The first-order valence-electron chi connectivity index (χ1n) is 18.5. The Hall–Kier alpha value is -6.28. The van der Waals surface area contributed by atoms with Gasteiger partial charge >= 0.3 is 6.09 Å². The number of amides is 2. The number of nitrogens with zero attached hydrogens (tertiary/aromatic N) is 4. The van der Waals surface area contributed by atoms with Gasteiger partial charge in [0.05, 0.1) is 68.9 Å². The Morgan fingerprint density at radius 1 is 0.927 bits per heavy atom. The molecule has 0 bridgehead atoms. The normalized spacial score (nSPS) is 16.0. The van der Waals surface area contributed by atoms with Crippen LogP contribution in [-0.4, -0.2) is 82.4 Å². The van der Waals surface area contributed by atoms with Crippen LogP contribution in [0, 0.1) is 0 Å². The number of aromatic nitrogens is 5. The molecule has 4 N–H and O–H groups in total. The number of methoxy groups -OCH3 is 3. The summed E-state index contributed by atoms with van der Waals surface area (Å²) in [7, 11) is 4.55. The summed E-state index contributed by atoms with van der Waals surface area (Å²) in [6.45, 7) is 4.21. The number of alkyl carbamates (subject to hydrolysis) is 1. The number of likely N-dealkylation sites (tertiary alicyclic amines) is 1. The van der Waals surface area contributed by atoms with Crippen molar-refractivity contribution in [3.05, 3.63) is 90.3 Å². The van der Waals surface area contributed by atoms with Crippen molar-refractivity contribution in [1.82, 2.24) is 40.0 Å². The molecule has 0 spiro atoms. The molecule has 0 saturated carbocycles. The van der Waals surface area contributed by atoms with Gasteiger partial charge in [-0.05, 0) is 68.3 Å². The summed E-state index contributed by atoms with van der Waals surface area (Å²) >= 11 is 0. The van der Waals surface area contributed by atoms with Crippen molar-refractivity contribution in [3.8, 4) is 51.0 Å². The zero-order valence-corrected chi connectivity index (χ0v) is 31.3. The molecule has 6 aromatic rings. The average Bonchev–Trinajstić information content (AvgIpc) is 4.05. The summed E-state index contributed by atoms with van der Waals surface area (Å²) in [6, 6.07) is 20.4. The van der Waals surface area contributed by atoms with E-state index in [4.69, 9.17) is 19.2 Å². The maximum absolute atomic E-state index is 13.0. The summed E-state index contributed by atoms with van der Waals surface area (Å²) in [4.78, 5) is 42.6. The fourth-order valence-electron chi connectivity index (χ4n) is 7.53.